The van der Waals surface area contributed by atoms with Crippen LogP contribution in [-0.4, -0.2) is 58.0 Å². The van der Waals surface area contributed by atoms with Crippen molar-refractivity contribution in [2.24, 2.45) is 0 Å². The molecule has 2 aromatic carbocycles. The number of aromatic nitrogens is 1. The molecule has 10 heteroatoms. The van der Waals surface area contributed by atoms with E-state index in [0.29, 0.717) is 11.7 Å². The number of thiazole rings is 1. The topological polar surface area (TPSA) is 79.8 Å². The van der Waals surface area contributed by atoms with Gasteiger partial charge < -0.3 is 4.74 Å². The first-order chi connectivity index (χ1) is 13.8. The van der Waals surface area contributed by atoms with Gasteiger partial charge in [-0.3, -0.25) is 9.69 Å². The lowest BCUT2D eigenvalue weighted by atomic mass is 10.2. The average Bonchev–Trinajstić information content (AvgIpc) is 3.12. The Balaban J connectivity index is 2.04. The SMILES string of the molecule is COCCN(C(=O)c1ccc(Cl)c(S(=O)(=O)N(C)C)c1)c1nc2ccccc2s1. The van der Waals surface area contributed by atoms with Crippen molar-refractivity contribution in [3.8, 4) is 0 Å². The van der Waals surface area contributed by atoms with Gasteiger partial charge in [-0.1, -0.05) is 35.1 Å². The number of ether oxygens (including phenoxy) is 1. The third-order valence-corrected chi connectivity index (χ3v) is 7.57. The lowest BCUT2D eigenvalue weighted by Gasteiger charge is -2.20. The van der Waals surface area contributed by atoms with E-state index in [1.54, 1.807) is 7.11 Å². The highest BCUT2D eigenvalue weighted by Gasteiger charge is 2.26. The van der Waals surface area contributed by atoms with Crippen molar-refractivity contribution in [1.82, 2.24) is 9.29 Å². The van der Waals surface area contributed by atoms with Gasteiger partial charge in [-0.15, -0.1) is 0 Å². The summed E-state index contributed by atoms with van der Waals surface area (Å²) in [4.78, 5) is 19.2. The van der Waals surface area contributed by atoms with E-state index in [9.17, 15) is 13.2 Å². The van der Waals surface area contributed by atoms with Gasteiger partial charge in [-0.2, -0.15) is 0 Å². The zero-order chi connectivity index (χ0) is 21.2. The fraction of sp³-hybridized carbons (Fsp3) is 0.263. The first kappa shape index (κ1) is 21.7. The number of carbonyl (C=O) groups is 1. The Labute approximate surface area is 178 Å². The van der Waals surface area contributed by atoms with Crippen LogP contribution in [0.5, 0.6) is 0 Å². The Morgan fingerprint density at radius 1 is 1.21 bits per heavy atom. The molecule has 0 radical (unpaired) electrons. The van der Waals surface area contributed by atoms with Crippen molar-refractivity contribution in [2.75, 3.05) is 39.3 Å². The lowest BCUT2D eigenvalue weighted by molar-refractivity contribution is 0.0975. The van der Waals surface area contributed by atoms with Gasteiger partial charge in [-0.05, 0) is 30.3 Å². The van der Waals surface area contributed by atoms with E-state index in [4.69, 9.17) is 16.3 Å². The third kappa shape index (κ3) is 4.44. The standard InChI is InChI=1S/C19H20ClN3O4S2/c1-22(2)29(25,26)17-12-13(8-9-14(17)20)18(24)23(10-11-27-3)19-21-15-6-4-5-7-16(15)28-19/h4-9,12H,10-11H2,1-3H3. The summed E-state index contributed by atoms with van der Waals surface area (Å²) in [6.07, 6.45) is 0. The zero-order valence-electron chi connectivity index (χ0n) is 16.1. The minimum Gasteiger partial charge on any atom is -0.383 e. The maximum absolute atomic E-state index is 13.3. The van der Waals surface area contributed by atoms with Crippen LogP contribution < -0.4 is 4.90 Å². The summed E-state index contributed by atoms with van der Waals surface area (Å²) in [5.74, 6) is -0.382. The molecule has 0 fully saturated rings. The molecule has 1 heterocycles. The fourth-order valence-electron chi connectivity index (χ4n) is 2.63. The normalized spacial score (nSPS) is 11.9. The number of hydrogen-bond donors (Lipinski definition) is 0. The number of sulfonamides is 1. The molecule has 0 aliphatic carbocycles. The predicted octanol–water partition coefficient (Wildman–Crippen LogP) is 3.49. The fourth-order valence-corrected chi connectivity index (χ4v) is 5.01. The molecule has 0 unspecified atom stereocenters. The lowest BCUT2D eigenvalue weighted by Crippen LogP contribution is -2.34. The molecule has 7 nitrogen and oxygen atoms in total. The number of amides is 1. The zero-order valence-corrected chi connectivity index (χ0v) is 18.5. The minimum atomic E-state index is -3.80. The largest absolute Gasteiger partial charge is 0.383 e. The summed E-state index contributed by atoms with van der Waals surface area (Å²) in [7, 11) is 0.566. The smallest absolute Gasteiger partial charge is 0.260 e. The number of anilines is 1. The number of halogens is 1. The first-order valence-corrected chi connectivity index (χ1v) is 11.3. The minimum absolute atomic E-state index is 0.0543. The van der Waals surface area contributed by atoms with E-state index in [1.165, 1.54) is 48.5 Å². The molecule has 0 N–H and O–H groups in total. The maximum Gasteiger partial charge on any atom is 0.260 e. The van der Waals surface area contributed by atoms with Crippen molar-refractivity contribution in [3.63, 3.8) is 0 Å². The molecule has 29 heavy (non-hydrogen) atoms. The van der Waals surface area contributed by atoms with Crippen LogP contribution in [0.3, 0.4) is 0 Å². The van der Waals surface area contributed by atoms with Crippen LogP contribution >= 0.6 is 22.9 Å². The van der Waals surface area contributed by atoms with Gasteiger partial charge in [0, 0.05) is 26.8 Å². The van der Waals surface area contributed by atoms with E-state index < -0.39 is 10.0 Å². The molecule has 0 bridgehead atoms. The van der Waals surface area contributed by atoms with Crippen molar-refractivity contribution >= 4 is 54.2 Å². The highest BCUT2D eigenvalue weighted by atomic mass is 35.5. The second-order valence-electron chi connectivity index (χ2n) is 6.35. The molecule has 0 aliphatic heterocycles. The maximum atomic E-state index is 13.3. The van der Waals surface area contributed by atoms with Crippen LogP contribution in [0.1, 0.15) is 10.4 Å². The van der Waals surface area contributed by atoms with E-state index in [2.05, 4.69) is 4.98 Å². The second kappa shape index (κ2) is 8.76. The van der Waals surface area contributed by atoms with Gasteiger partial charge >= 0.3 is 0 Å². The van der Waals surface area contributed by atoms with E-state index >= 15 is 0 Å². The monoisotopic (exact) mass is 453 g/mol. The quantitative estimate of drug-likeness (QED) is 0.547. The number of benzene rings is 2. The molecule has 154 valence electrons. The molecule has 0 spiro atoms. The molecule has 1 amide bonds. The van der Waals surface area contributed by atoms with Gasteiger partial charge in [0.25, 0.3) is 5.91 Å². The summed E-state index contributed by atoms with van der Waals surface area (Å²) in [5, 5.41) is 0.568. The third-order valence-electron chi connectivity index (χ3n) is 4.21. The molecule has 3 rings (SSSR count). The van der Waals surface area contributed by atoms with Crippen LogP contribution in [0.15, 0.2) is 47.4 Å². The number of para-hydroxylation sites is 1. The Morgan fingerprint density at radius 3 is 2.59 bits per heavy atom. The van der Waals surface area contributed by atoms with Gasteiger partial charge in [0.15, 0.2) is 5.13 Å². The second-order valence-corrected chi connectivity index (χ2v) is 9.88. The molecular weight excluding hydrogens is 434 g/mol. The molecule has 3 aromatic rings. The molecule has 0 saturated carbocycles. The number of carbonyl (C=O) groups excluding carboxylic acids is 1. The van der Waals surface area contributed by atoms with Crippen molar-refractivity contribution in [3.05, 3.63) is 53.1 Å². The van der Waals surface area contributed by atoms with Crippen LogP contribution in [0.4, 0.5) is 5.13 Å². The van der Waals surface area contributed by atoms with E-state index in [1.807, 2.05) is 24.3 Å². The highest BCUT2D eigenvalue weighted by molar-refractivity contribution is 7.89. The molecule has 0 atom stereocenters. The number of hydrogen-bond acceptors (Lipinski definition) is 6. The van der Waals surface area contributed by atoms with E-state index in [-0.39, 0.29) is 27.9 Å². The van der Waals surface area contributed by atoms with Gasteiger partial charge in [0.1, 0.15) is 4.90 Å². The van der Waals surface area contributed by atoms with Crippen LogP contribution in [0, 0.1) is 0 Å². The average molecular weight is 454 g/mol. The van der Waals surface area contributed by atoms with Crippen molar-refractivity contribution in [1.29, 1.82) is 0 Å². The Hall–Kier alpha value is -2.04. The Bertz CT molecular complexity index is 1110. The summed E-state index contributed by atoms with van der Waals surface area (Å²) in [6, 6.07) is 11.8. The van der Waals surface area contributed by atoms with Gasteiger partial charge in [0.05, 0.1) is 28.4 Å². The molecule has 0 aliphatic rings. The number of rotatable bonds is 7. The van der Waals surface area contributed by atoms with Crippen LogP contribution in [0.2, 0.25) is 5.02 Å². The molecule has 0 saturated heterocycles. The van der Waals surface area contributed by atoms with Crippen LogP contribution in [-0.2, 0) is 14.8 Å². The number of fused-ring (bicyclic) bond motifs is 1. The van der Waals surface area contributed by atoms with Crippen LogP contribution in [0.25, 0.3) is 10.2 Å². The van der Waals surface area contributed by atoms with E-state index in [0.717, 1.165) is 14.5 Å². The summed E-state index contributed by atoms with van der Waals surface area (Å²) >= 11 is 7.48. The predicted molar refractivity (Wildman–Crippen MR) is 115 cm³/mol. The molecule has 1 aromatic heterocycles. The summed E-state index contributed by atoms with van der Waals surface area (Å²) < 4.78 is 32.2. The molecular formula is C19H20ClN3O4S2. The first-order valence-electron chi connectivity index (χ1n) is 8.64. The summed E-state index contributed by atoms with van der Waals surface area (Å²) in [6.45, 7) is 0.575. The highest BCUT2D eigenvalue weighted by Crippen LogP contribution is 2.31. The Morgan fingerprint density at radius 2 is 1.93 bits per heavy atom. The van der Waals surface area contributed by atoms with Gasteiger partial charge in [0.2, 0.25) is 10.0 Å². The number of nitrogens with zero attached hydrogens (tertiary/aromatic N) is 3. The van der Waals surface area contributed by atoms with Gasteiger partial charge in [-0.25, -0.2) is 17.7 Å². The van der Waals surface area contributed by atoms with Crippen molar-refractivity contribution in [2.45, 2.75) is 4.90 Å². The Kier molecular flexibility index (Phi) is 6.55. The number of methoxy groups -OCH3 is 1. The summed E-state index contributed by atoms with van der Waals surface area (Å²) in [5.41, 5.74) is 0.986. The van der Waals surface area contributed by atoms with Crippen molar-refractivity contribution < 1.29 is 17.9 Å².